The SMILES string of the molecule is C=CCO[C@@]12Oc3ccc(Oc4ccc5ccccc5c4)cc3[C@H]3[C@H](CCCCO)[C@@H](CCCCO)C=C(C(=NOCc4ccccc4)C[C@@H]1N(Cc1ccc(F)cc1)C(=O)CCC1CCCC1)[C@H]32. The van der Waals surface area contributed by atoms with Crippen molar-refractivity contribution in [1.29, 1.82) is 0 Å². The number of carbonyl (C=O) groups excluding carboxylic acids is 1. The summed E-state index contributed by atoms with van der Waals surface area (Å²) in [5.74, 6) is 0.153. The van der Waals surface area contributed by atoms with Gasteiger partial charge < -0.3 is 34.2 Å². The maximum absolute atomic E-state index is 15.3. The average Bonchev–Trinajstić information content (AvgIpc) is 3.90. The third kappa shape index (κ3) is 11.0. The molecule has 1 amide bonds. The van der Waals surface area contributed by atoms with Crippen LogP contribution in [-0.2, 0) is 27.5 Å². The zero-order chi connectivity index (χ0) is 47.6. The molecule has 0 aromatic heterocycles. The van der Waals surface area contributed by atoms with E-state index in [1.54, 1.807) is 18.2 Å². The van der Waals surface area contributed by atoms with Gasteiger partial charge in [0, 0.05) is 44.1 Å². The first-order valence-electron chi connectivity index (χ1n) is 25.3. The number of amides is 1. The van der Waals surface area contributed by atoms with Crippen LogP contribution in [0.3, 0.4) is 0 Å². The lowest BCUT2D eigenvalue weighted by Crippen LogP contribution is -2.70. The van der Waals surface area contributed by atoms with Crippen molar-refractivity contribution in [2.45, 2.75) is 114 Å². The van der Waals surface area contributed by atoms with Gasteiger partial charge in [0.25, 0.3) is 0 Å². The first-order chi connectivity index (χ1) is 33.9. The predicted octanol–water partition coefficient (Wildman–Crippen LogP) is 12.6. The van der Waals surface area contributed by atoms with Crippen LogP contribution < -0.4 is 9.47 Å². The monoisotopic (exact) mass is 934 g/mol. The molecule has 9 rings (SSSR count). The van der Waals surface area contributed by atoms with Crippen molar-refractivity contribution in [2.24, 2.45) is 28.8 Å². The van der Waals surface area contributed by atoms with E-state index >= 15 is 4.79 Å². The van der Waals surface area contributed by atoms with Crippen LogP contribution in [0.2, 0.25) is 0 Å². The molecule has 362 valence electrons. The molecule has 0 spiro atoms. The lowest BCUT2D eigenvalue weighted by Gasteiger charge is -2.60. The molecule has 2 saturated carbocycles. The Hall–Kier alpha value is -5.81. The molecule has 2 fully saturated rings. The molecule has 9 nitrogen and oxygen atoms in total. The highest BCUT2D eigenvalue weighted by Gasteiger charge is 2.65. The minimum Gasteiger partial charge on any atom is -0.459 e. The average molecular weight is 935 g/mol. The number of halogens is 1. The molecule has 69 heavy (non-hydrogen) atoms. The normalized spacial score (nSPS) is 23.4. The highest BCUT2D eigenvalue weighted by Crippen LogP contribution is 2.62. The van der Waals surface area contributed by atoms with Gasteiger partial charge in [0.1, 0.15) is 35.7 Å². The number of nitrogens with zero attached hydrogens (tertiary/aromatic N) is 2. The zero-order valence-electron chi connectivity index (χ0n) is 39.7. The van der Waals surface area contributed by atoms with Crippen LogP contribution in [0.15, 0.2) is 145 Å². The number of allylic oxidation sites excluding steroid dienone is 1. The van der Waals surface area contributed by atoms with Gasteiger partial charge in [-0.2, -0.15) is 0 Å². The molecule has 3 aliphatic carbocycles. The van der Waals surface area contributed by atoms with Crippen molar-refractivity contribution < 1.29 is 38.4 Å². The molecule has 6 atom stereocenters. The number of ether oxygens (including phenoxy) is 3. The number of unbranched alkanes of at least 4 members (excludes halogenated alkanes) is 2. The molecular formula is C59H67FN2O7. The molecule has 1 aliphatic heterocycles. The fourth-order valence-electron chi connectivity index (χ4n) is 11.8. The number of aliphatic hydroxyl groups is 2. The van der Waals surface area contributed by atoms with E-state index in [0.717, 1.165) is 89.4 Å². The Labute approximate surface area is 406 Å². The summed E-state index contributed by atoms with van der Waals surface area (Å²) in [4.78, 5) is 23.5. The highest BCUT2D eigenvalue weighted by molar-refractivity contribution is 6.03. The molecule has 4 aliphatic rings. The number of hydrogen-bond donors (Lipinski definition) is 2. The number of benzene rings is 5. The lowest BCUT2D eigenvalue weighted by atomic mass is 9.55. The fourth-order valence-corrected chi connectivity index (χ4v) is 11.8. The maximum atomic E-state index is 15.3. The van der Waals surface area contributed by atoms with Gasteiger partial charge >= 0.3 is 0 Å². The molecule has 10 heteroatoms. The summed E-state index contributed by atoms with van der Waals surface area (Å²) < 4.78 is 36.0. The van der Waals surface area contributed by atoms with Crippen molar-refractivity contribution >= 4 is 22.4 Å². The van der Waals surface area contributed by atoms with Crippen molar-refractivity contribution in [1.82, 2.24) is 4.90 Å². The van der Waals surface area contributed by atoms with E-state index in [2.05, 4.69) is 43.0 Å². The van der Waals surface area contributed by atoms with Gasteiger partial charge in [0.05, 0.1) is 18.2 Å². The second-order valence-corrected chi connectivity index (χ2v) is 19.5. The predicted molar refractivity (Wildman–Crippen MR) is 268 cm³/mol. The molecule has 0 bridgehead atoms. The van der Waals surface area contributed by atoms with E-state index in [4.69, 9.17) is 24.2 Å². The van der Waals surface area contributed by atoms with E-state index in [0.29, 0.717) is 36.7 Å². The quantitative estimate of drug-likeness (QED) is 0.0404. The maximum Gasteiger partial charge on any atom is 0.239 e. The smallest absolute Gasteiger partial charge is 0.239 e. The number of hydrogen-bond acceptors (Lipinski definition) is 8. The first-order valence-corrected chi connectivity index (χ1v) is 25.3. The summed E-state index contributed by atoms with van der Waals surface area (Å²) in [7, 11) is 0. The van der Waals surface area contributed by atoms with E-state index in [1.165, 1.54) is 25.0 Å². The number of carbonyl (C=O) groups is 1. The van der Waals surface area contributed by atoms with Crippen LogP contribution in [0.5, 0.6) is 17.2 Å². The summed E-state index contributed by atoms with van der Waals surface area (Å²) in [5, 5.41) is 27.4. The van der Waals surface area contributed by atoms with E-state index in [1.807, 2.05) is 65.6 Å². The molecule has 0 saturated heterocycles. The number of rotatable bonds is 22. The van der Waals surface area contributed by atoms with Gasteiger partial charge in [-0.15, -0.1) is 6.58 Å². The van der Waals surface area contributed by atoms with Crippen molar-refractivity contribution in [3.8, 4) is 17.2 Å². The van der Waals surface area contributed by atoms with Crippen molar-refractivity contribution in [2.75, 3.05) is 19.8 Å². The summed E-state index contributed by atoms with van der Waals surface area (Å²) in [6.07, 6.45) is 14.7. The summed E-state index contributed by atoms with van der Waals surface area (Å²) in [6, 6.07) is 36.0. The van der Waals surface area contributed by atoms with Crippen LogP contribution in [0.25, 0.3) is 10.8 Å². The van der Waals surface area contributed by atoms with Crippen LogP contribution in [-0.4, -0.2) is 58.4 Å². The Morgan fingerprint density at radius 3 is 2.32 bits per heavy atom. The third-order valence-electron chi connectivity index (χ3n) is 15.1. The molecule has 0 radical (unpaired) electrons. The second kappa shape index (κ2) is 22.7. The van der Waals surface area contributed by atoms with Gasteiger partial charge in [0.15, 0.2) is 0 Å². The van der Waals surface area contributed by atoms with Gasteiger partial charge in [0.2, 0.25) is 11.7 Å². The minimum atomic E-state index is -1.43. The molecule has 0 unspecified atom stereocenters. The first kappa shape index (κ1) is 48.2. The molecule has 5 aromatic carbocycles. The van der Waals surface area contributed by atoms with Crippen LogP contribution in [0.1, 0.15) is 106 Å². The van der Waals surface area contributed by atoms with E-state index < -0.39 is 17.7 Å². The van der Waals surface area contributed by atoms with Crippen molar-refractivity contribution in [3.05, 3.63) is 162 Å². The van der Waals surface area contributed by atoms with Crippen LogP contribution in [0, 0.1) is 29.5 Å². The Morgan fingerprint density at radius 1 is 0.826 bits per heavy atom. The standard InChI is InChI=1S/C59H67FN2O7/c1-2-34-66-59-55(62(39-42-22-26-47(60)27-23-42)56(65)31-24-41-14-6-7-15-41)38-53(61-67-40-43-16-4-3-5-17-43)51-36-46(20-10-12-32-63)50(21-11-13-33-64)57(58(51)59)52-37-49(29-30-54(52)69-59)68-48-28-25-44-18-8-9-19-45(44)35-48/h2-5,8-9,16-19,22-23,25-30,35-37,41,46,50,55,57-58,63-64H,1,6-7,10-15,20-21,24,31-34,38-40H2/t46-,50+,55-,57+,58+,59+/m0/s1. The van der Waals surface area contributed by atoms with Crippen LogP contribution in [0.4, 0.5) is 4.39 Å². The minimum absolute atomic E-state index is 0.0166. The Balaban J connectivity index is 1.22. The third-order valence-corrected chi connectivity index (χ3v) is 15.1. The van der Waals surface area contributed by atoms with Gasteiger partial charge in [-0.3, -0.25) is 4.79 Å². The van der Waals surface area contributed by atoms with E-state index in [9.17, 15) is 14.6 Å². The number of fused-ring (bicyclic) bond motifs is 3. The van der Waals surface area contributed by atoms with E-state index in [-0.39, 0.29) is 68.9 Å². The summed E-state index contributed by atoms with van der Waals surface area (Å²) in [6.45, 7) is 4.92. The number of oxime groups is 1. The van der Waals surface area contributed by atoms with Crippen molar-refractivity contribution in [3.63, 3.8) is 0 Å². The zero-order valence-corrected chi connectivity index (χ0v) is 39.7. The van der Waals surface area contributed by atoms with Gasteiger partial charge in [-0.1, -0.05) is 129 Å². The number of aliphatic hydroxyl groups excluding tert-OH is 2. The molecule has 1 heterocycles. The molecule has 2 N–H and O–H groups in total. The second-order valence-electron chi connectivity index (χ2n) is 19.5. The van der Waals surface area contributed by atoms with Gasteiger partial charge in [-0.25, -0.2) is 4.39 Å². The fraction of sp³-hybridized carbons (Fsp3) is 0.424. The largest absolute Gasteiger partial charge is 0.459 e. The molecule has 5 aromatic rings. The highest BCUT2D eigenvalue weighted by atomic mass is 19.1. The molecular weight excluding hydrogens is 868 g/mol. The Kier molecular flexibility index (Phi) is 15.9. The Bertz CT molecular complexity index is 2580. The topological polar surface area (TPSA) is 110 Å². The summed E-state index contributed by atoms with van der Waals surface area (Å²) >= 11 is 0. The Morgan fingerprint density at radius 2 is 1.55 bits per heavy atom. The van der Waals surface area contributed by atoms with Crippen LogP contribution >= 0.6 is 0 Å². The lowest BCUT2D eigenvalue weighted by molar-refractivity contribution is -0.258. The van der Waals surface area contributed by atoms with Gasteiger partial charge in [-0.05, 0) is 120 Å². The summed E-state index contributed by atoms with van der Waals surface area (Å²) in [5.41, 5.74) is 4.45.